The lowest BCUT2D eigenvalue weighted by atomic mass is 10.2. The Kier molecular flexibility index (Phi) is 3.26. The molecule has 0 aromatic heterocycles. The molecule has 1 saturated carbocycles. The van der Waals surface area contributed by atoms with E-state index in [1.54, 1.807) is 12.1 Å². The second-order valence-corrected chi connectivity index (χ2v) is 5.25. The van der Waals surface area contributed by atoms with Crippen LogP contribution in [0, 0.1) is 11.2 Å². The lowest BCUT2D eigenvalue weighted by Crippen LogP contribution is -2.15. The van der Waals surface area contributed by atoms with Gasteiger partial charge >= 0.3 is 0 Å². The Morgan fingerprint density at radius 1 is 1.47 bits per heavy atom. The Labute approximate surface area is 103 Å². The largest absolute Gasteiger partial charge is 0.490 e. The van der Waals surface area contributed by atoms with Crippen molar-refractivity contribution in [2.45, 2.75) is 12.8 Å². The molecule has 1 aliphatic carbocycles. The third-order valence-corrected chi connectivity index (χ3v) is 3.88. The number of hydrogen-bond donors (Lipinski definition) is 1. The first-order valence-electron chi connectivity index (χ1n) is 4.84. The number of rotatable bonds is 4. The van der Waals surface area contributed by atoms with E-state index in [4.69, 9.17) is 4.74 Å². The Morgan fingerprint density at radius 3 is 2.80 bits per heavy atom. The van der Waals surface area contributed by atoms with E-state index in [-0.39, 0.29) is 11.2 Å². The molecule has 0 radical (unpaired) electrons. The molecule has 1 aromatic rings. The van der Waals surface area contributed by atoms with Crippen LogP contribution in [0.3, 0.4) is 0 Å². The summed E-state index contributed by atoms with van der Waals surface area (Å²) < 4.78 is 19.6. The molecule has 1 aromatic carbocycles. The van der Waals surface area contributed by atoms with Crippen LogP contribution in [0.2, 0.25) is 0 Å². The standard InChI is InChI=1S/C11H12BrFOS/c12-8-1-2-9(13)10(5-8)14-6-11(7-15)3-4-11/h1-2,5,15H,3-4,6-7H2. The van der Waals surface area contributed by atoms with E-state index in [1.165, 1.54) is 6.07 Å². The van der Waals surface area contributed by atoms with Gasteiger partial charge in [-0.1, -0.05) is 15.9 Å². The summed E-state index contributed by atoms with van der Waals surface area (Å²) in [7, 11) is 0. The Morgan fingerprint density at radius 2 is 2.20 bits per heavy atom. The Bertz CT molecular complexity index is 366. The molecule has 15 heavy (non-hydrogen) atoms. The van der Waals surface area contributed by atoms with Gasteiger partial charge in [0.2, 0.25) is 0 Å². The average molecular weight is 291 g/mol. The zero-order chi connectivity index (χ0) is 10.9. The maximum Gasteiger partial charge on any atom is 0.165 e. The molecule has 0 atom stereocenters. The van der Waals surface area contributed by atoms with Gasteiger partial charge in [-0.2, -0.15) is 12.6 Å². The van der Waals surface area contributed by atoms with Gasteiger partial charge in [-0.25, -0.2) is 4.39 Å². The molecule has 0 bridgehead atoms. The van der Waals surface area contributed by atoms with E-state index in [0.29, 0.717) is 12.4 Å². The van der Waals surface area contributed by atoms with Crippen molar-refractivity contribution in [2.24, 2.45) is 5.41 Å². The second kappa shape index (κ2) is 4.34. The van der Waals surface area contributed by atoms with Crippen molar-refractivity contribution in [1.29, 1.82) is 0 Å². The second-order valence-electron chi connectivity index (χ2n) is 4.02. The molecule has 0 aliphatic heterocycles. The molecule has 2 rings (SSSR count). The summed E-state index contributed by atoms with van der Waals surface area (Å²) in [5, 5.41) is 0. The third kappa shape index (κ3) is 2.67. The fraction of sp³-hybridized carbons (Fsp3) is 0.455. The summed E-state index contributed by atoms with van der Waals surface area (Å²) in [6, 6.07) is 4.72. The monoisotopic (exact) mass is 290 g/mol. The van der Waals surface area contributed by atoms with Crippen molar-refractivity contribution in [2.75, 3.05) is 12.4 Å². The minimum Gasteiger partial charge on any atom is -0.490 e. The van der Waals surface area contributed by atoms with Crippen LogP contribution >= 0.6 is 28.6 Å². The van der Waals surface area contributed by atoms with E-state index in [0.717, 1.165) is 23.1 Å². The Balaban J connectivity index is 2.01. The van der Waals surface area contributed by atoms with Crippen LogP contribution in [0.15, 0.2) is 22.7 Å². The van der Waals surface area contributed by atoms with Crippen LogP contribution in [-0.4, -0.2) is 12.4 Å². The van der Waals surface area contributed by atoms with Crippen molar-refractivity contribution >= 4 is 28.6 Å². The van der Waals surface area contributed by atoms with Gasteiger partial charge in [0.15, 0.2) is 11.6 Å². The molecule has 0 heterocycles. The first kappa shape index (κ1) is 11.3. The fourth-order valence-corrected chi connectivity index (χ4v) is 2.09. The Hall–Kier alpha value is -0.220. The molecule has 4 heteroatoms. The minimum absolute atomic E-state index is 0.192. The van der Waals surface area contributed by atoms with Crippen LogP contribution in [0.4, 0.5) is 4.39 Å². The van der Waals surface area contributed by atoms with Gasteiger partial charge in [-0.05, 0) is 36.8 Å². The van der Waals surface area contributed by atoms with E-state index in [9.17, 15) is 4.39 Å². The topological polar surface area (TPSA) is 9.23 Å². The van der Waals surface area contributed by atoms with Crippen molar-refractivity contribution in [3.8, 4) is 5.75 Å². The molecule has 1 aliphatic rings. The molecule has 0 amide bonds. The van der Waals surface area contributed by atoms with Crippen LogP contribution < -0.4 is 4.74 Å². The van der Waals surface area contributed by atoms with Crippen LogP contribution in [-0.2, 0) is 0 Å². The van der Waals surface area contributed by atoms with Crippen molar-refractivity contribution in [3.05, 3.63) is 28.5 Å². The van der Waals surface area contributed by atoms with Crippen LogP contribution in [0.25, 0.3) is 0 Å². The highest BCUT2D eigenvalue weighted by Crippen LogP contribution is 2.46. The molecule has 0 saturated heterocycles. The summed E-state index contributed by atoms with van der Waals surface area (Å²) in [6.07, 6.45) is 2.26. The van der Waals surface area contributed by atoms with E-state index < -0.39 is 0 Å². The normalized spacial score (nSPS) is 17.5. The van der Waals surface area contributed by atoms with Crippen LogP contribution in [0.5, 0.6) is 5.75 Å². The van der Waals surface area contributed by atoms with Gasteiger partial charge in [-0.15, -0.1) is 0 Å². The highest BCUT2D eigenvalue weighted by Gasteiger charge is 2.42. The molecule has 0 N–H and O–H groups in total. The van der Waals surface area contributed by atoms with Gasteiger partial charge in [0.05, 0.1) is 6.61 Å². The summed E-state index contributed by atoms with van der Waals surface area (Å²) in [5.41, 5.74) is 0.192. The first-order valence-corrected chi connectivity index (χ1v) is 6.26. The number of halogens is 2. The molecule has 0 unspecified atom stereocenters. The van der Waals surface area contributed by atoms with Crippen molar-refractivity contribution in [3.63, 3.8) is 0 Å². The van der Waals surface area contributed by atoms with Gasteiger partial charge < -0.3 is 4.74 Å². The predicted octanol–water partition coefficient (Wildman–Crippen LogP) is 3.68. The van der Waals surface area contributed by atoms with Gasteiger partial charge in [0.1, 0.15) is 0 Å². The maximum absolute atomic E-state index is 13.3. The highest BCUT2D eigenvalue weighted by atomic mass is 79.9. The molecular weight excluding hydrogens is 279 g/mol. The average Bonchev–Trinajstić information content (AvgIpc) is 3.00. The number of thiol groups is 1. The van der Waals surface area contributed by atoms with E-state index >= 15 is 0 Å². The zero-order valence-corrected chi connectivity index (χ0v) is 10.7. The van der Waals surface area contributed by atoms with Gasteiger partial charge in [0.25, 0.3) is 0 Å². The van der Waals surface area contributed by atoms with Crippen molar-refractivity contribution < 1.29 is 9.13 Å². The first-order chi connectivity index (χ1) is 7.15. The molecule has 82 valence electrons. The zero-order valence-electron chi connectivity index (χ0n) is 8.17. The smallest absolute Gasteiger partial charge is 0.165 e. The molecular formula is C11H12BrFOS. The van der Waals surface area contributed by atoms with E-state index in [2.05, 4.69) is 28.6 Å². The quantitative estimate of drug-likeness (QED) is 0.833. The lowest BCUT2D eigenvalue weighted by Gasteiger charge is -2.14. The van der Waals surface area contributed by atoms with Crippen LogP contribution in [0.1, 0.15) is 12.8 Å². The number of benzene rings is 1. The third-order valence-electron chi connectivity index (χ3n) is 2.72. The minimum atomic E-state index is -0.312. The molecule has 1 nitrogen and oxygen atoms in total. The number of ether oxygens (including phenoxy) is 1. The molecule has 0 spiro atoms. The van der Waals surface area contributed by atoms with Crippen molar-refractivity contribution in [1.82, 2.24) is 0 Å². The van der Waals surface area contributed by atoms with E-state index in [1.807, 2.05) is 0 Å². The lowest BCUT2D eigenvalue weighted by molar-refractivity contribution is 0.240. The van der Waals surface area contributed by atoms with Gasteiger partial charge in [-0.3, -0.25) is 0 Å². The fourth-order valence-electron chi connectivity index (χ4n) is 1.34. The summed E-state index contributed by atoms with van der Waals surface area (Å²) >= 11 is 7.56. The highest BCUT2D eigenvalue weighted by molar-refractivity contribution is 9.10. The van der Waals surface area contributed by atoms with Gasteiger partial charge in [0, 0.05) is 9.89 Å². The maximum atomic E-state index is 13.3. The SMILES string of the molecule is Fc1ccc(Br)cc1OCC1(CS)CC1. The predicted molar refractivity (Wildman–Crippen MR) is 65.1 cm³/mol. The summed E-state index contributed by atoms with van der Waals surface area (Å²) in [4.78, 5) is 0. The summed E-state index contributed by atoms with van der Waals surface area (Å²) in [5.74, 6) is 0.813. The number of hydrogen-bond acceptors (Lipinski definition) is 2. The summed E-state index contributed by atoms with van der Waals surface area (Å²) in [6.45, 7) is 0.559. The molecule has 1 fully saturated rings.